The van der Waals surface area contributed by atoms with E-state index in [2.05, 4.69) is 10.3 Å². The standard InChI is InChI=1S/C16H23N3OS/c17-13-8-11-2-1-3-12(9-13)16(11)19-15(20)10-21-14-4-6-18-7-5-14/h4-7,11-13,16H,1-3,8-10,17H2,(H,19,20). The number of nitrogens with zero attached hydrogens (tertiary/aromatic N) is 1. The van der Waals surface area contributed by atoms with Gasteiger partial charge in [0.05, 0.1) is 5.75 Å². The largest absolute Gasteiger partial charge is 0.352 e. The highest BCUT2D eigenvalue weighted by molar-refractivity contribution is 8.00. The molecule has 1 aromatic heterocycles. The van der Waals surface area contributed by atoms with Crippen molar-refractivity contribution in [1.29, 1.82) is 0 Å². The molecule has 2 fully saturated rings. The third-order valence-electron chi connectivity index (χ3n) is 4.72. The Balaban J connectivity index is 1.52. The van der Waals surface area contributed by atoms with Gasteiger partial charge >= 0.3 is 0 Å². The van der Waals surface area contributed by atoms with Gasteiger partial charge < -0.3 is 11.1 Å². The second kappa shape index (κ2) is 6.79. The van der Waals surface area contributed by atoms with Crippen molar-refractivity contribution in [2.45, 2.75) is 49.1 Å². The van der Waals surface area contributed by atoms with Gasteiger partial charge in [0.15, 0.2) is 0 Å². The fraction of sp³-hybridized carbons (Fsp3) is 0.625. The smallest absolute Gasteiger partial charge is 0.230 e. The van der Waals surface area contributed by atoms with Crippen molar-refractivity contribution in [2.24, 2.45) is 17.6 Å². The molecule has 0 aliphatic heterocycles. The van der Waals surface area contributed by atoms with Crippen molar-refractivity contribution in [3.63, 3.8) is 0 Å². The highest BCUT2D eigenvalue weighted by Gasteiger charge is 2.39. The Morgan fingerprint density at radius 1 is 1.29 bits per heavy atom. The Labute approximate surface area is 130 Å². The summed E-state index contributed by atoms with van der Waals surface area (Å²) in [6, 6.07) is 4.56. The molecule has 0 aromatic carbocycles. The van der Waals surface area contributed by atoms with E-state index in [0.717, 1.165) is 17.7 Å². The molecule has 1 amide bonds. The molecule has 114 valence electrons. The summed E-state index contributed by atoms with van der Waals surface area (Å²) in [5.74, 6) is 1.80. The van der Waals surface area contributed by atoms with Gasteiger partial charge in [-0.3, -0.25) is 9.78 Å². The Bertz CT molecular complexity index is 468. The molecule has 3 N–H and O–H groups in total. The normalized spacial score (nSPS) is 31.7. The molecule has 0 spiro atoms. The topological polar surface area (TPSA) is 68.0 Å². The van der Waals surface area contributed by atoms with E-state index in [9.17, 15) is 4.79 Å². The number of pyridine rings is 1. The number of fused-ring (bicyclic) bond motifs is 2. The number of carbonyl (C=O) groups excluding carboxylic acids is 1. The van der Waals surface area contributed by atoms with Crippen molar-refractivity contribution in [3.05, 3.63) is 24.5 Å². The summed E-state index contributed by atoms with van der Waals surface area (Å²) in [6.45, 7) is 0. The highest BCUT2D eigenvalue weighted by atomic mass is 32.2. The van der Waals surface area contributed by atoms with Crippen LogP contribution >= 0.6 is 11.8 Å². The van der Waals surface area contributed by atoms with Gasteiger partial charge in [0.1, 0.15) is 0 Å². The van der Waals surface area contributed by atoms with Crippen molar-refractivity contribution in [3.8, 4) is 0 Å². The van der Waals surface area contributed by atoms with E-state index < -0.39 is 0 Å². The van der Waals surface area contributed by atoms with Crippen LogP contribution in [0.4, 0.5) is 0 Å². The lowest BCUT2D eigenvalue weighted by Crippen LogP contribution is -2.54. The van der Waals surface area contributed by atoms with Crippen LogP contribution in [0.25, 0.3) is 0 Å². The molecule has 21 heavy (non-hydrogen) atoms. The monoisotopic (exact) mass is 305 g/mol. The van der Waals surface area contributed by atoms with Gasteiger partial charge in [-0.05, 0) is 49.7 Å². The van der Waals surface area contributed by atoms with Crippen LogP contribution in [0.5, 0.6) is 0 Å². The number of nitrogens with one attached hydrogen (secondary N) is 1. The Kier molecular flexibility index (Phi) is 4.80. The number of nitrogens with two attached hydrogens (primary N) is 1. The summed E-state index contributed by atoms with van der Waals surface area (Å²) >= 11 is 1.57. The minimum absolute atomic E-state index is 0.147. The molecule has 5 heteroatoms. The van der Waals surface area contributed by atoms with Crippen LogP contribution in [0, 0.1) is 11.8 Å². The second-order valence-corrected chi connectivity index (χ2v) is 7.30. The molecule has 4 nitrogen and oxygen atoms in total. The van der Waals surface area contributed by atoms with Gasteiger partial charge in [0.2, 0.25) is 5.91 Å². The summed E-state index contributed by atoms with van der Waals surface area (Å²) in [5.41, 5.74) is 6.13. The zero-order valence-corrected chi connectivity index (χ0v) is 13.0. The molecule has 2 aliphatic carbocycles. The highest BCUT2D eigenvalue weighted by Crippen LogP contribution is 2.39. The lowest BCUT2D eigenvalue weighted by Gasteiger charge is -2.45. The van der Waals surface area contributed by atoms with E-state index in [1.54, 1.807) is 24.2 Å². The first kappa shape index (κ1) is 14.9. The number of rotatable bonds is 4. The SMILES string of the molecule is NC1CC2CCCC(C1)C2NC(=O)CSc1ccncc1. The first-order valence-corrected chi connectivity index (χ1v) is 8.78. The third-order valence-corrected chi connectivity index (χ3v) is 5.74. The molecule has 3 rings (SSSR count). The number of carbonyl (C=O) groups is 1. The lowest BCUT2D eigenvalue weighted by atomic mass is 9.67. The quantitative estimate of drug-likeness (QED) is 0.837. The zero-order valence-electron chi connectivity index (χ0n) is 12.2. The minimum Gasteiger partial charge on any atom is -0.352 e. The number of hydrogen-bond donors (Lipinski definition) is 2. The Morgan fingerprint density at radius 3 is 2.62 bits per heavy atom. The van der Waals surface area contributed by atoms with E-state index in [1.807, 2.05) is 12.1 Å². The van der Waals surface area contributed by atoms with Gasteiger partial charge in [-0.15, -0.1) is 11.8 Å². The van der Waals surface area contributed by atoms with Crippen LogP contribution in [0.2, 0.25) is 0 Å². The molecule has 0 radical (unpaired) electrons. The van der Waals surface area contributed by atoms with Crippen molar-refractivity contribution in [2.75, 3.05) is 5.75 Å². The molecule has 2 aliphatic rings. The van der Waals surface area contributed by atoms with E-state index in [0.29, 0.717) is 29.7 Å². The molecule has 2 unspecified atom stereocenters. The van der Waals surface area contributed by atoms with Crippen molar-refractivity contribution in [1.82, 2.24) is 10.3 Å². The molecule has 2 atom stereocenters. The minimum atomic E-state index is 0.147. The fourth-order valence-electron chi connectivity index (χ4n) is 3.84. The number of thioether (sulfide) groups is 1. The van der Waals surface area contributed by atoms with E-state index in [4.69, 9.17) is 5.73 Å². The maximum atomic E-state index is 12.2. The third kappa shape index (κ3) is 3.77. The maximum absolute atomic E-state index is 12.2. The average molecular weight is 305 g/mol. The average Bonchev–Trinajstić information content (AvgIpc) is 2.47. The maximum Gasteiger partial charge on any atom is 0.230 e. The molecular weight excluding hydrogens is 282 g/mol. The number of hydrogen-bond acceptors (Lipinski definition) is 4. The van der Waals surface area contributed by atoms with E-state index >= 15 is 0 Å². The molecular formula is C16H23N3OS. The van der Waals surface area contributed by atoms with E-state index in [1.165, 1.54) is 19.3 Å². The van der Waals surface area contributed by atoms with Crippen LogP contribution in [0.15, 0.2) is 29.4 Å². The number of amides is 1. The van der Waals surface area contributed by atoms with Crippen molar-refractivity contribution >= 4 is 17.7 Å². The molecule has 0 saturated heterocycles. The lowest BCUT2D eigenvalue weighted by molar-refractivity contribution is -0.120. The number of aromatic nitrogens is 1. The van der Waals surface area contributed by atoms with E-state index in [-0.39, 0.29) is 5.91 Å². The van der Waals surface area contributed by atoms with Crippen LogP contribution in [-0.2, 0) is 4.79 Å². The fourth-order valence-corrected chi connectivity index (χ4v) is 4.53. The summed E-state index contributed by atoms with van der Waals surface area (Å²) in [7, 11) is 0. The van der Waals surface area contributed by atoms with Crippen LogP contribution in [-0.4, -0.2) is 28.7 Å². The first-order chi connectivity index (χ1) is 10.2. The molecule has 1 aromatic rings. The zero-order chi connectivity index (χ0) is 14.7. The molecule has 2 bridgehead atoms. The van der Waals surface area contributed by atoms with Gasteiger partial charge in [-0.2, -0.15) is 0 Å². The summed E-state index contributed by atoms with van der Waals surface area (Å²) in [4.78, 5) is 17.3. The summed E-state index contributed by atoms with van der Waals surface area (Å²) < 4.78 is 0. The van der Waals surface area contributed by atoms with Crippen LogP contribution in [0.3, 0.4) is 0 Å². The summed E-state index contributed by atoms with van der Waals surface area (Å²) in [5, 5.41) is 3.28. The Hall–Kier alpha value is -1.07. The van der Waals surface area contributed by atoms with Crippen LogP contribution in [0.1, 0.15) is 32.1 Å². The molecule has 1 heterocycles. The molecule has 2 saturated carbocycles. The van der Waals surface area contributed by atoms with Gasteiger partial charge in [-0.1, -0.05) is 6.42 Å². The van der Waals surface area contributed by atoms with Crippen LogP contribution < -0.4 is 11.1 Å². The van der Waals surface area contributed by atoms with Crippen molar-refractivity contribution < 1.29 is 4.79 Å². The predicted octanol–water partition coefficient (Wildman–Crippen LogP) is 2.20. The van der Waals surface area contributed by atoms with Gasteiger partial charge in [-0.25, -0.2) is 0 Å². The first-order valence-electron chi connectivity index (χ1n) is 7.80. The predicted molar refractivity (Wildman–Crippen MR) is 84.9 cm³/mol. The summed E-state index contributed by atoms with van der Waals surface area (Å²) in [6.07, 6.45) is 9.37. The van der Waals surface area contributed by atoms with Gasteiger partial charge in [0, 0.05) is 29.4 Å². The second-order valence-electron chi connectivity index (χ2n) is 6.25. The Morgan fingerprint density at radius 2 is 1.95 bits per heavy atom. The van der Waals surface area contributed by atoms with Gasteiger partial charge in [0.25, 0.3) is 0 Å².